The van der Waals surface area contributed by atoms with Crippen molar-refractivity contribution in [3.05, 3.63) is 58.8 Å². The number of hydrogen-bond acceptors (Lipinski definition) is 6. The molecule has 0 saturated heterocycles. The Morgan fingerprint density at radius 2 is 1.86 bits per heavy atom. The predicted octanol–water partition coefficient (Wildman–Crippen LogP) is 3.90. The second-order valence-electron chi connectivity index (χ2n) is 5.74. The molecule has 1 N–H and O–H groups in total. The molecule has 0 fully saturated rings. The topological polar surface area (TPSA) is 78.3 Å². The molecule has 0 aliphatic carbocycles. The van der Waals surface area contributed by atoms with E-state index in [0.717, 1.165) is 10.2 Å². The van der Waals surface area contributed by atoms with Crippen LogP contribution in [0.3, 0.4) is 0 Å². The number of halogens is 1. The van der Waals surface area contributed by atoms with E-state index in [1.807, 2.05) is 60.1 Å². The van der Waals surface area contributed by atoms with Crippen LogP contribution in [-0.4, -0.2) is 33.5 Å². The zero-order valence-electron chi connectivity index (χ0n) is 15.4. The molecule has 3 rings (SSSR count). The Morgan fingerprint density at radius 1 is 1.14 bits per heavy atom. The number of aromatic nitrogens is 3. The minimum Gasteiger partial charge on any atom is -0.493 e. The van der Waals surface area contributed by atoms with Crippen LogP contribution in [0, 0.1) is 0 Å². The predicted molar refractivity (Wildman–Crippen MR) is 112 cm³/mol. The van der Waals surface area contributed by atoms with Gasteiger partial charge in [0.05, 0.1) is 12.9 Å². The molecular formula is C19H19BrN4O3S. The van der Waals surface area contributed by atoms with Gasteiger partial charge in [0.25, 0.3) is 0 Å². The van der Waals surface area contributed by atoms with E-state index in [1.54, 1.807) is 7.11 Å². The van der Waals surface area contributed by atoms with Crippen LogP contribution in [0.15, 0.2) is 58.2 Å². The number of nitrogens with zero attached hydrogens (tertiary/aromatic N) is 3. The summed E-state index contributed by atoms with van der Waals surface area (Å²) in [6, 6.07) is 14.8. The summed E-state index contributed by atoms with van der Waals surface area (Å²) in [5.74, 6) is 2.07. The first-order valence-corrected chi connectivity index (χ1v) is 10.2. The fraction of sp³-hybridized carbons (Fsp3) is 0.211. The van der Waals surface area contributed by atoms with E-state index in [4.69, 9.17) is 9.47 Å². The SMILES string of the molecule is COc1ccccc1OCc1nnc(SCC(=O)Nc2ccc(Br)cc2)n1C. The van der Waals surface area contributed by atoms with Crippen molar-refractivity contribution in [2.24, 2.45) is 7.05 Å². The van der Waals surface area contributed by atoms with Crippen LogP contribution in [0.5, 0.6) is 11.5 Å². The van der Waals surface area contributed by atoms with Crippen molar-refractivity contribution in [3.63, 3.8) is 0 Å². The van der Waals surface area contributed by atoms with Crippen LogP contribution in [-0.2, 0) is 18.4 Å². The molecule has 1 amide bonds. The van der Waals surface area contributed by atoms with Crippen LogP contribution in [0.4, 0.5) is 5.69 Å². The number of thioether (sulfide) groups is 1. The van der Waals surface area contributed by atoms with Crippen LogP contribution in [0.2, 0.25) is 0 Å². The number of benzene rings is 2. The molecule has 1 heterocycles. The molecule has 2 aromatic carbocycles. The molecule has 1 aromatic heterocycles. The molecule has 0 spiro atoms. The highest BCUT2D eigenvalue weighted by Crippen LogP contribution is 2.26. The van der Waals surface area contributed by atoms with Crippen LogP contribution >= 0.6 is 27.7 Å². The lowest BCUT2D eigenvalue weighted by atomic mass is 10.3. The number of hydrogen-bond donors (Lipinski definition) is 1. The summed E-state index contributed by atoms with van der Waals surface area (Å²) < 4.78 is 13.8. The van der Waals surface area contributed by atoms with Gasteiger partial charge in [-0.1, -0.05) is 39.8 Å². The van der Waals surface area contributed by atoms with E-state index in [0.29, 0.717) is 22.5 Å². The number of para-hydroxylation sites is 2. The van der Waals surface area contributed by atoms with Gasteiger partial charge in [-0.15, -0.1) is 10.2 Å². The molecule has 0 aliphatic rings. The normalized spacial score (nSPS) is 10.5. The Bertz CT molecular complexity index is 947. The van der Waals surface area contributed by atoms with Crippen molar-refractivity contribution in [1.29, 1.82) is 0 Å². The van der Waals surface area contributed by atoms with Gasteiger partial charge in [0.2, 0.25) is 5.91 Å². The molecule has 0 aliphatic heterocycles. The van der Waals surface area contributed by atoms with Gasteiger partial charge in [-0.3, -0.25) is 4.79 Å². The monoisotopic (exact) mass is 462 g/mol. The third kappa shape index (κ3) is 5.26. The molecule has 7 nitrogen and oxygen atoms in total. The maximum atomic E-state index is 12.1. The number of rotatable bonds is 8. The van der Waals surface area contributed by atoms with Gasteiger partial charge in [-0.2, -0.15) is 0 Å². The number of methoxy groups -OCH3 is 1. The second kappa shape index (κ2) is 9.61. The Kier molecular flexibility index (Phi) is 6.94. The first-order valence-electron chi connectivity index (χ1n) is 8.39. The lowest BCUT2D eigenvalue weighted by Gasteiger charge is -2.10. The van der Waals surface area contributed by atoms with E-state index in [9.17, 15) is 4.79 Å². The van der Waals surface area contributed by atoms with Crippen LogP contribution < -0.4 is 14.8 Å². The Labute approximate surface area is 175 Å². The summed E-state index contributed by atoms with van der Waals surface area (Å²) in [6.45, 7) is 0.246. The van der Waals surface area contributed by atoms with Gasteiger partial charge in [0.15, 0.2) is 22.5 Å². The average molecular weight is 463 g/mol. The Hall–Kier alpha value is -2.52. The molecule has 146 valence electrons. The zero-order chi connectivity index (χ0) is 19.9. The molecule has 0 atom stereocenters. The van der Waals surface area contributed by atoms with E-state index < -0.39 is 0 Å². The van der Waals surface area contributed by atoms with Gasteiger partial charge in [-0.05, 0) is 36.4 Å². The van der Waals surface area contributed by atoms with E-state index in [1.165, 1.54) is 11.8 Å². The highest BCUT2D eigenvalue weighted by molar-refractivity contribution is 9.10. The van der Waals surface area contributed by atoms with Gasteiger partial charge in [-0.25, -0.2) is 0 Å². The van der Waals surface area contributed by atoms with Gasteiger partial charge in [0.1, 0.15) is 6.61 Å². The number of carbonyl (C=O) groups excluding carboxylic acids is 1. The van der Waals surface area contributed by atoms with E-state index in [-0.39, 0.29) is 18.3 Å². The Balaban J connectivity index is 1.54. The second-order valence-corrected chi connectivity index (χ2v) is 7.60. The van der Waals surface area contributed by atoms with Crippen molar-refractivity contribution in [2.45, 2.75) is 11.8 Å². The minimum atomic E-state index is -0.109. The molecule has 9 heteroatoms. The minimum absolute atomic E-state index is 0.109. The lowest BCUT2D eigenvalue weighted by Crippen LogP contribution is -2.14. The fourth-order valence-corrected chi connectivity index (χ4v) is 3.33. The summed E-state index contributed by atoms with van der Waals surface area (Å²) in [7, 11) is 3.44. The third-order valence-corrected chi connectivity index (χ3v) is 5.36. The van der Waals surface area contributed by atoms with E-state index >= 15 is 0 Å². The smallest absolute Gasteiger partial charge is 0.234 e. The number of anilines is 1. The van der Waals surface area contributed by atoms with Gasteiger partial charge >= 0.3 is 0 Å². The van der Waals surface area contributed by atoms with Crippen LogP contribution in [0.25, 0.3) is 0 Å². The molecule has 28 heavy (non-hydrogen) atoms. The average Bonchev–Trinajstić information content (AvgIpc) is 3.06. The summed E-state index contributed by atoms with van der Waals surface area (Å²) in [4.78, 5) is 12.1. The number of ether oxygens (including phenoxy) is 2. The largest absolute Gasteiger partial charge is 0.493 e. The number of carbonyl (C=O) groups is 1. The number of amides is 1. The summed E-state index contributed by atoms with van der Waals surface area (Å²) in [5.41, 5.74) is 0.748. The quantitative estimate of drug-likeness (QED) is 0.511. The van der Waals surface area contributed by atoms with E-state index in [2.05, 4.69) is 31.4 Å². The highest BCUT2D eigenvalue weighted by Gasteiger charge is 2.13. The van der Waals surface area contributed by atoms with Gasteiger partial charge in [0, 0.05) is 17.2 Å². The fourth-order valence-electron chi connectivity index (χ4n) is 2.34. The molecule has 0 radical (unpaired) electrons. The summed E-state index contributed by atoms with van der Waals surface area (Å²) in [5, 5.41) is 11.8. The number of nitrogens with one attached hydrogen (secondary N) is 1. The summed E-state index contributed by atoms with van der Waals surface area (Å²) >= 11 is 4.68. The molecule has 0 saturated carbocycles. The summed E-state index contributed by atoms with van der Waals surface area (Å²) in [6.07, 6.45) is 0. The molecule has 3 aromatic rings. The van der Waals surface area contributed by atoms with Crippen molar-refractivity contribution < 1.29 is 14.3 Å². The maximum absolute atomic E-state index is 12.1. The van der Waals surface area contributed by atoms with Crippen LogP contribution in [0.1, 0.15) is 5.82 Å². The molecular weight excluding hydrogens is 444 g/mol. The maximum Gasteiger partial charge on any atom is 0.234 e. The van der Waals surface area contributed by atoms with Crippen molar-refractivity contribution >= 4 is 39.3 Å². The first-order chi connectivity index (χ1) is 13.6. The van der Waals surface area contributed by atoms with Crippen molar-refractivity contribution in [2.75, 3.05) is 18.2 Å². The van der Waals surface area contributed by atoms with Crippen molar-refractivity contribution in [1.82, 2.24) is 14.8 Å². The molecule has 0 bridgehead atoms. The zero-order valence-corrected chi connectivity index (χ0v) is 17.8. The van der Waals surface area contributed by atoms with Gasteiger partial charge < -0.3 is 19.4 Å². The Morgan fingerprint density at radius 3 is 2.57 bits per heavy atom. The standard InChI is InChI=1S/C19H19BrN4O3S/c1-24-17(11-27-16-6-4-3-5-15(16)26-2)22-23-19(24)28-12-18(25)21-14-9-7-13(20)8-10-14/h3-10H,11-12H2,1-2H3,(H,21,25). The van der Waals surface area contributed by atoms with Crippen molar-refractivity contribution in [3.8, 4) is 11.5 Å². The molecule has 0 unspecified atom stereocenters. The highest BCUT2D eigenvalue weighted by atomic mass is 79.9. The lowest BCUT2D eigenvalue weighted by molar-refractivity contribution is -0.113. The third-order valence-electron chi connectivity index (χ3n) is 3.81. The first kappa shape index (κ1) is 20.2.